The van der Waals surface area contributed by atoms with E-state index in [0.717, 1.165) is 19.3 Å². The van der Waals surface area contributed by atoms with Crippen LogP contribution in [0.4, 0.5) is 4.39 Å². The number of aromatic nitrogens is 3. The number of fused-ring (bicyclic) bond motifs is 1. The third-order valence-electron chi connectivity index (χ3n) is 6.90. The lowest BCUT2D eigenvalue weighted by atomic mass is 9.88. The Labute approximate surface area is 220 Å². The second-order valence-corrected chi connectivity index (χ2v) is 10.0. The van der Waals surface area contributed by atoms with Crippen LogP contribution in [0, 0.1) is 11.3 Å². The maximum absolute atomic E-state index is 16.3. The minimum absolute atomic E-state index is 0.00269. The van der Waals surface area contributed by atoms with Crippen molar-refractivity contribution in [1.82, 2.24) is 30.5 Å². The number of nitrogens with zero attached hydrogens (tertiary/aromatic N) is 4. The number of rotatable bonds is 9. The number of carbonyl (C=O) groups is 2. The molecule has 2 unspecified atom stereocenters. The van der Waals surface area contributed by atoms with Gasteiger partial charge in [-0.25, -0.2) is 8.91 Å². The zero-order chi connectivity index (χ0) is 27.3. The molecule has 38 heavy (non-hydrogen) atoms. The van der Waals surface area contributed by atoms with Gasteiger partial charge >= 0.3 is 0 Å². The molecule has 3 aromatic heterocycles. The maximum Gasteiger partial charge on any atom is 0.253 e. The zero-order valence-corrected chi connectivity index (χ0v) is 21.4. The second-order valence-electron chi connectivity index (χ2n) is 10.0. The lowest BCUT2D eigenvalue weighted by Gasteiger charge is -2.36. The molecule has 4 rings (SSSR count). The van der Waals surface area contributed by atoms with Crippen LogP contribution >= 0.6 is 0 Å². The van der Waals surface area contributed by atoms with E-state index in [1.165, 1.54) is 37.0 Å². The molecule has 3 aromatic rings. The lowest BCUT2D eigenvalue weighted by Crippen LogP contribution is -2.54. The summed E-state index contributed by atoms with van der Waals surface area (Å²) in [4.78, 5) is 28.4. The van der Waals surface area contributed by atoms with E-state index in [-0.39, 0.29) is 30.1 Å². The molecule has 0 aliphatic heterocycles. The van der Waals surface area contributed by atoms with Crippen LogP contribution in [0.25, 0.3) is 5.52 Å². The first-order valence-electron chi connectivity index (χ1n) is 12.6. The molecule has 0 aromatic carbocycles. The summed E-state index contributed by atoms with van der Waals surface area (Å²) in [6.45, 7) is 2.80. The van der Waals surface area contributed by atoms with Gasteiger partial charge in [0.1, 0.15) is 17.7 Å². The fourth-order valence-corrected chi connectivity index (χ4v) is 4.94. The summed E-state index contributed by atoms with van der Waals surface area (Å²) in [6.07, 6.45) is 5.65. The molecular formula is C27H32FN7O3. The van der Waals surface area contributed by atoms with Gasteiger partial charge in [-0.2, -0.15) is 10.4 Å². The molecule has 2 amide bonds. The molecule has 5 atom stereocenters. The first-order valence-corrected chi connectivity index (χ1v) is 12.6. The highest BCUT2D eigenvalue weighted by molar-refractivity contribution is 5.94. The van der Waals surface area contributed by atoms with Gasteiger partial charge in [0.15, 0.2) is 6.17 Å². The Balaban J connectivity index is 1.56. The van der Waals surface area contributed by atoms with Gasteiger partial charge in [-0.05, 0) is 62.9 Å². The molecule has 0 bridgehead atoms. The number of halogens is 1. The van der Waals surface area contributed by atoms with Gasteiger partial charge in [0.05, 0.1) is 28.5 Å². The highest BCUT2D eigenvalue weighted by Crippen LogP contribution is 2.30. The number of hydrogen-bond donors (Lipinski definition) is 4. The average molecular weight is 522 g/mol. The third kappa shape index (κ3) is 6.33. The van der Waals surface area contributed by atoms with E-state index in [0.29, 0.717) is 23.2 Å². The van der Waals surface area contributed by atoms with Crippen LogP contribution in [0.5, 0.6) is 0 Å². The number of carbonyl (C=O) groups excluding carboxylic acids is 2. The standard InChI is InChI=1S/C27H32FN7O3/c1-17(36)33-21-7-3-6-20(12-21)31-16-27(2,38)25(28)24(34-26(37)19-5-4-10-30-15-19)23-9-8-22-11-18(13-29)14-32-35(22)23/h4-5,8-11,14-15,20-21,24-25,31,38H,3,6-7,12,16H2,1-2H3,(H,33,36)(H,34,37)/t20-,21+,24?,25+,27?/m0/s1. The molecule has 3 heterocycles. The van der Waals surface area contributed by atoms with Crippen molar-refractivity contribution >= 4 is 17.3 Å². The minimum Gasteiger partial charge on any atom is -0.386 e. The quantitative estimate of drug-likeness (QED) is 0.338. The first-order chi connectivity index (χ1) is 18.2. The summed E-state index contributed by atoms with van der Waals surface area (Å²) in [5, 5.41) is 33.7. The van der Waals surface area contributed by atoms with Crippen molar-refractivity contribution in [2.24, 2.45) is 0 Å². The van der Waals surface area contributed by atoms with Crippen molar-refractivity contribution < 1.29 is 19.1 Å². The van der Waals surface area contributed by atoms with Crippen LogP contribution in [-0.2, 0) is 4.79 Å². The van der Waals surface area contributed by atoms with Gasteiger partial charge < -0.3 is 21.1 Å². The van der Waals surface area contributed by atoms with Gasteiger partial charge in [-0.1, -0.05) is 0 Å². The molecule has 1 aliphatic rings. The number of nitrogens with one attached hydrogen (secondary N) is 3. The monoisotopic (exact) mass is 521 g/mol. The molecule has 0 spiro atoms. The molecule has 0 saturated heterocycles. The molecule has 1 saturated carbocycles. The van der Waals surface area contributed by atoms with Gasteiger partial charge in [-0.15, -0.1) is 0 Å². The van der Waals surface area contributed by atoms with Crippen molar-refractivity contribution in [2.45, 2.75) is 69.4 Å². The number of pyridine rings is 1. The Morgan fingerprint density at radius 3 is 2.79 bits per heavy atom. The molecule has 200 valence electrons. The van der Waals surface area contributed by atoms with Crippen LogP contribution < -0.4 is 16.0 Å². The van der Waals surface area contributed by atoms with Crippen molar-refractivity contribution in [3.8, 4) is 6.07 Å². The number of hydrogen-bond acceptors (Lipinski definition) is 7. The topological polar surface area (TPSA) is 144 Å². The van der Waals surface area contributed by atoms with Crippen molar-refractivity contribution in [3.63, 3.8) is 0 Å². The zero-order valence-electron chi connectivity index (χ0n) is 21.4. The summed E-state index contributed by atoms with van der Waals surface area (Å²) in [5.41, 5.74) is -0.413. The number of aliphatic hydroxyl groups is 1. The number of nitriles is 1. The Morgan fingerprint density at radius 2 is 2.08 bits per heavy atom. The maximum atomic E-state index is 16.3. The van der Waals surface area contributed by atoms with E-state index in [2.05, 4.69) is 26.0 Å². The predicted molar refractivity (Wildman–Crippen MR) is 138 cm³/mol. The lowest BCUT2D eigenvalue weighted by molar-refractivity contribution is -0.119. The Morgan fingerprint density at radius 1 is 1.29 bits per heavy atom. The Kier molecular flexibility index (Phi) is 8.34. The smallest absolute Gasteiger partial charge is 0.253 e. The first kappa shape index (κ1) is 27.2. The van der Waals surface area contributed by atoms with E-state index >= 15 is 4.39 Å². The summed E-state index contributed by atoms with van der Waals surface area (Å²) in [7, 11) is 0. The van der Waals surface area contributed by atoms with Gasteiger partial charge in [0.2, 0.25) is 5.91 Å². The predicted octanol–water partition coefficient (Wildman–Crippen LogP) is 2.20. The molecule has 1 fully saturated rings. The largest absolute Gasteiger partial charge is 0.386 e. The molecule has 10 nitrogen and oxygen atoms in total. The summed E-state index contributed by atoms with van der Waals surface area (Å²) in [6, 6.07) is 8.87. The summed E-state index contributed by atoms with van der Waals surface area (Å²) in [5.74, 6) is -0.642. The van der Waals surface area contributed by atoms with Crippen molar-refractivity contribution in [2.75, 3.05) is 6.54 Å². The Hall–Kier alpha value is -3.88. The molecule has 4 N–H and O–H groups in total. The minimum atomic E-state index is -1.93. The van der Waals surface area contributed by atoms with E-state index < -0.39 is 23.7 Å². The normalized spacial score (nSPS) is 20.6. The van der Waals surface area contributed by atoms with Crippen LogP contribution in [0.15, 0.2) is 48.9 Å². The number of alkyl halides is 1. The van der Waals surface area contributed by atoms with Crippen molar-refractivity contribution in [3.05, 3.63) is 65.7 Å². The van der Waals surface area contributed by atoms with Gasteiger partial charge in [0, 0.05) is 37.9 Å². The summed E-state index contributed by atoms with van der Waals surface area (Å²) < 4.78 is 17.7. The highest BCUT2D eigenvalue weighted by atomic mass is 19.1. The van der Waals surface area contributed by atoms with Crippen molar-refractivity contribution in [1.29, 1.82) is 5.26 Å². The van der Waals surface area contributed by atoms with E-state index in [9.17, 15) is 20.0 Å². The fraction of sp³-hybridized carbons (Fsp3) is 0.444. The SMILES string of the molecule is CC(=O)N[C@@H]1CCC[C@H](NCC(C)(O)[C@H](F)C(NC(=O)c2cccnc2)c2ccc3cc(C#N)cnn23)C1. The fourth-order valence-electron chi connectivity index (χ4n) is 4.94. The average Bonchev–Trinajstić information content (AvgIpc) is 3.33. The van der Waals surface area contributed by atoms with Gasteiger partial charge in [0.25, 0.3) is 5.91 Å². The number of amides is 2. The molecule has 1 aliphatic carbocycles. The molecular weight excluding hydrogens is 489 g/mol. The van der Waals surface area contributed by atoms with Crippen LogP contribution in [0.3, 0.4) is 0 Å². The second kappa shape index (κ2) is 11.7. The van der Waals surface area contributed by atoms with Gasteiger partial charge in [-0.3, -0.25) is 14.6 Å². The highest BCUT2D eigenvalue weighted by Gasteiger charge is 2.41. The van der Waals surface area contributed by atoms with Crippen LogP contribution in [-0.4, -0.2) is 61.9 Å². The van der Waals surface area contributed by atoms with E-state index in [1.807, 2.05) is 6.07 Å². The molecule has 11 heteroatoms. The van der Waals surface area contributed by atoms with Crippen LogP contribution in [0.1, 0.15) is 67.2 Å². The summed E-state index contributed by atoms with van der Waals surface area (Å²) >= 11 is 0. The van der Waals surface area contributed by atoms with E-state index in [4.69, 9.17) is 0 Å². The van der Waals surface area contributed by atoms with Crippen LogP contribution in [0.2, 0.25) is 0 Å². The van der Waals surface area contributed by atoms with E-state index in [1.54, 1.807) is 30.3 Å². The molecule has 0 radical (unpaired) electrons. The third-order valence-corrected chi connectivity index (χ3v) is 6.90. The Bertz CT molecular complexity index is 1320.